The van der Waals surface area contributed by atoms with Crippen LogP contribution < -0.4 is 5.32 Å². The van der Waals surface area contributed by atoms with Crippen LogP contribution in [0.25, 0.3) is 10.8 Å². The van der Waals surface area contributed by atoms with Crippen LogP contribution in [0.15, 0.2) is 60.7 Å². The fourth-order valence-corrected chi connectivity index (χ4v) is 4.90. The standard InChI is InChI=1S/C30H38N2O/c1-30(2,3)19-6-7-21-32(22-18-24-13-8-12-23-11-4-5-16-26(23)24)29(33)27-17-9-14-25-15-10-20-31-28(25)27/h4-5,8-9,11-14,16-17,31H,6-7,10,15,18-22H2,1-3H3. The Hall–Kier alpha value is -2.81. The second-order valence-corrected chi connectivity index (χ2v) is 10.6. The number of carbonyl (C=O) groups is 1. The number of carbonyl (C=O) groups excluding carboxylic acids is 1. The molecule has 3 heteroatoms. The Kier molecular flexibility index (Phi) is 7.37. The number of unbranched alkanes of at least 4 members (excludes halogenated alkanes) is 1. The number of nitrogens with zero attached hydrogens (tertiary/aromatic N) is 1. The van der Waals surface area contributed by atoms with E-state index < -0.39 is 0 Å². The van der Waals surface area contributed by atoms with Crippen LogP contribution >= 0.6 is 0 Å². The summed E-state index contributed by atoms with van der Waals surface area (Å²) in [7, 11) is 0. The predicted octanol–water partition coefficient (Wildman–Crippen LogP) is 7.10. The topological polar surface area (TPSA) is 32.3 Å². The van der Waals surface area contributed by atoms with E-state index >= 15 is 0 Å². The largest absolute Gasteiger partial charge is 0.384 e. The number of nitrogens with one attached hydrogen (secondary N) is 1. The molecule has 0 bridgehead atoms. The predicted molar refractivity (Wildman–Crippen MR) is 140 cm³/mol. The fraction of sp³-hybridized carbons (Fsp3) is 0.433. The minimum absolute atomic E-state index is 0.164. The molecule has 174 valence electrons. The van der Waals surface area contributed by atoms with Crippen molar-refractivity contribution >= 4 is 22.4 Å². The minimum atomic E-state index is 0.164. The summed E-state index contributed by atoms with van der Waals surface area (Å²) >= 11 is 0. The van der Waals surface area contributed by atoms with E-state index in [1.807, 2.05) is 12.1 Å². The SMILES string of the molecule is CC(C)(C)CCCCN(CCc1cccc2ccccc12)C(=O)c1cccc2c1NCCC2. The Morgan fingerprint density at radius 1 is 0.939 bits per heavy atom. The van der Waals surface area contributed by atoms with Crippen LogP contribution in [0, 0.1) is 5.41 Å². The van der Waals surface area contributed by atoms with Gasteiger partial charge in [-0.1, -0.05) is 81.8 Å². The number of hydrogen-bond donors (Lipinski definition) is 1. The second-order valence-electron chi connectivity index (χ2n) is 10.6. The molecule has 3 nitrogen and oxygen atoms in total. The van der Waals surface area contributed by atoms with Crippen molar-refractivity contribution in [3.63, 3.8) is 0 Å². The lowest BCUT2D eigenvalue weighted by atomic mass is 9.90. The van der Waals surface area contributed by atoms with Crippen LogP contribution in [0.1, 0.15) is 67.9 Å². The molecular weight excluding hydrogens is 404 g/mol. The normalized spacial score (nSPS) is 13.4. The van der Waals surface area contributed by atoms with Crippen LogP contribution in [0.5, 0.6) is 0 Å². The van der Waals surface area contributed by atoms with E-state index in [2.05, 4.69) is 79.5 Å². The molecule has 3 aromatic rings. The first kappa shape index (κ1) is 23.4. The van der Waals surface area contributed by atoms with Gasteiger partial charge in [0.15, 0.2) is 0 Å². The van der Waals surface area contributed by atoms with Crippen molar-refractivity contribution in [2.75, 3.05) is 25.0 Å². The molecule has 1 heterocycles. The van der Waals surface area contributed by atoms with Crippen LogP contribution in [0.2, 0.25) is 0 Å². The molecule has 0 atom stereocenters. The van der Waals surface area contributed by atoms with E-state index in [9.17, 15) is 4.79 Å². The molecule has 0 saturated carbocycles. The summed E-state index contributed by atoms with van der Waals surface area (Å²) in [5.74, 6) is 0.164. The second kappa shape index (κ2) is 10.4. The zero-order valence-electron chi connectivity index (χ0n) is 20.5. The smallest absolute Gasteiger partial charge is 0.255 e. The fourth-order valence-electron chi connectivity index (χ4n) is 4.90. The van der Waals surface area contributed by atoms with Crippen molar-refractivity contribution in [3.05, 3.63) is 77.4 Å². The third-order valence-electron chi connectivity index (χ3n) is 6.73. The number of para-hydroxylation sites is 1. The zero-order valence-corrected chi connectivity index (χ0v) is 20.5. The molecule has 1 aliphatic heterocycles. The van der Waals surface area contributed by atoms with Gasteiger partial charge in [-0.15, -0.1) is 0 Å². The van der Waals surface area contributed by atoms with E-state index in [0.29, 0.717) is 5.41 Å². The van der Waals surface area contributed by atoms with E-state index in [-0.39, 0.29) is 5.91 Å². The molecule has 3 aromatic carbocycles. The third-order valence-corrected chi connectivity index (χ3v) is 6.73. The van der Waals surface area contributed by atoms with Crippen molar-refractivity contribution in [2.45, 2.75) is 59.3 Å². The van der Waals surface area contributed by atoms with Gasteiger partial charge in [-0.05, 0) is 65.5 Å². The third kappa shape index (κ3) is 5.96. The molecular formula is C30H38N2O. The monoisotopic (exact) mass is 442 g/mol. The van der Waals surface area contributed by atoms with Crippen molar-refractivity contribution in [1.82, 2.24) is 4.90 Å². The van der Waals surface area contributed by atoms with E-state index in [4.69, 9.17) is 0 Å². The van der Waals surface area contributed by atoms with Gasteiger partial charge in [-0.2, -0.15) is 0 Å². The summed E-state index contributed by atoms with van der Waals surface area (Å²) < 4.78 is 0. The quantitative estimate of drug-likeness (QED) is 0.377. The summed E-state index contributed by atoms with van der Waals surface area (Å²) in [4.78, 5) is 15.9. The maximum absolute atomic E-state index is 13.8. The van der Waals surface area contributed by atoms with Gasteiger partial charge in [0, 0.05) is 19.6 Å². The molecule has 4 rings (SSSR count). The van der Waals surface area contributed by atoms with E-state index in [0.717, 1.165) is 63.0 Å². The van der Waals surface area contributed by atoms with Crippen molar-refractivity contribution in [2.24, 2.45) is 5.41 Å². The first-order chi connectivity index (χ1) is 15.9. The van der Waals surface area contributed by atoms with Gasteiger partial charge in [0.2, 0.25) is 0 Å². The van der Waals surface area contributed by atoms with E-state index in [1.165, 1.54) is 28.3 Å². The summed E-state index contributed by atoms with van der Waals surface area (Å²) in [6, 6.07) is 21.2. The van der Waals surface area contributed by atoms with Crippen molar-refractivity contribution < 1.29 is 4.79 Å². The van der Waals surface area contributed by atoms with Crippen LogP contribution in [0.4, 0.5) is 5.69 Å². The first-order valence-electron chi connectivity index (χ1n) is 12.5. The Morgan fingerprint density at radius 2 is 1.73 bits per heavy atom. The maximum atomic E-state index is 13.8. The average molecular weight is 443 g/mol. The molecule has 1 N–H and O–H groups in total. The number of rotatable bonds is 8. The molecule has 0 radical (unpaired) electrons. The Balaban J connectivity index is 1.53. The lowest BCUT2D eigenvalue weighted by molar-refractivity contribution is 0.0754. The molecule has 1 amide bonds. The number of hydrogen-bond acceptors (Lipinski definition) is 2. The van der Waals surface area contributed by atoms with E-state index in [1.54, 1.807) is 0 Å². The molecule has 0 spiro atoms. The van der Waals surface area contributed by atoms with Crippen LogP contribution in [0.3, 0.4) is 0 Å². The summed E-state index contributed by atoms with van der Waals surface area (Å²) in [6.07, 6.45) is 6.41. The molecule has 33 heavy (non-hydrogen) atoms. The van der Waals surface area contributed by atoms with Gasteiger partial charge >= 0.3 is 0 Å². The van der Waals surface area contributed by atoms with Gasteiger partial charge in [0.25, 0.3) is 5.91 Å². The molecule has 0 fully saturated rings. The highest BCUT2D eigenvalue weighted by molar-refractivity contribution is 6.00. The highest BCUT2D eigenvalue weighted by Gasteiger charge is 2.22. The lowest BCUT2D eigenvalue weighted by Crippen LogP contribution is -2.35. The summed E-state index contributed by atoms with van der Waals surface area (Å²) in [5, 5.41) is 6.06. The Morgan fingerprint density at radius 3 is 2.58 bits per heavy atom. The zero-order chi connectivity index (χ0) is 23.3. The number of aryl methyl sites for hydroxylation is 1. The molecule has 0 aromatic heterocycles. The van der Waals surface area contributed by atoms with Gasteiger partial charge < -0.3 is 10.2 Å². The first-order valence-corrected chi connectivity index (χ1v) is 12.5. The molecule has 0 saturated heterocycles. The van der Waals surface area contributed by atoms with Crippen molar-refractivity contribution in [1.29, 1.82) is 0 Å². The Bertz CT molecular complexity index is 1090. The van der Waals surface area contributed by atoms with Gasteiger partial charge in [0.1, 0.15) is 0 Å². The summed E-state index contributed by atoms with van der Waals surface area (Å²) in [5.41, 5.74) is 4.81. The number of fused-ring (bicyclic) bond motifs is 2. The van der Waals surface area contributed by atoms with Gasteiger partial charge in [-0.3, -0.25) is 4.79 Å². The lowest BCUT2D eigenvalue weighted by Gasteiger charge is -2.27. The van der Waals surface area contributed by atoms with Gasteiger partial charge in [0.05, 0.1) is 11.3 Å². The van der Waals surface area contributed by atoms with Crippen molar-refractivity contribution in [3.8, 4) is 0 Å². The Labute approximate surface area is 199 Å². The number of anilines is 1. The minimum Gasteiger partial charge on any atom is -0.384 e. The number of benzene rings is 3. The summed E-state index contributed by atoms with van der Waals surface area (Å²) in [6.45, 7) is 9.36. The molecule has 1 aliphatic rings. The number of amides is 1. The highest BCUT2D eigenvalue weighted by Crippen LogP contribution is 2.28. The van der Waals surface area contributed by atoms with Crippen LogP contribution in [-0.4, -0.2) is 30.4 Å². The molecule has 0 unspecified atom stereocenters. The highest BCUT2D eigenvalue weighted by atomic mass is 16.2. The average Bonchev–Trinajstić information content (AvgIpc) is 2.82. The van der Waals surface area contributed by atoms with Gasteiger partial charge in [-0.25, -0.2) is 0 Å². The maximum Gasteiger partial charge on any atom is 0.255 e. The van der Waals surface area contributed by atoms with Crippen LogP contribution in [-0.2, 0) is 12.8 Å². The molecule has 0 aliphatic carbocycles.